The van der Waals surface area contributed by atoms with Crippen molar-refractivity contribution in [2.45, 2.75) is 32.7 Å². The van der Waals surface area contributed by atoms with E-state index in [-0.39, 0.29) is 0 Å². The van der Waals surface area contributed by atoms with Gasteiger partial charge in [-0.3, -0.25) is 0 Å². The molecule has 1 aromatic carbocycles. The van der Waals surface area contributed by atoms with Gasteiger partial charge >= 0.3 is 0 Å². The molecule has 0 saturated heterocycles. The second kappa shape index (κ2) is 7.36. The van der Waals surface area contributed by atoms with Gasteiger partial charge in [0, 0.05) is 18.0 Å². The standard InChI is InChI=1S/C15H21N3OS/c1-11(2)16-10-4-5-14-17-18-15(20-14)12-6-8-13(19-3)9-7-12/h6-9,11,16H,4-5,10H2,1-3H3. The van der Waals surface area contributed by atoms with Gasteiger partial charge in [-0.05, 0) is 37.2 Å². The van der Waals surface area contributed by atoms with Crippen molar-refractivity contribution in [2.24, 2.45) is 0 Å². The Bertz CT molecular complexity index is 522. The van der Waals surface area contributed by atoms with Gasteiger partial charge in [0.05, 0.1) is 7.11 Å². The minimum Gasteiger partial charge on any atom is -0.497 e. The Morgan fingerprint density at radius 3 is 2.60 bits per heavy atom. The van der Waals surface area contributed by atoms with Crippen LogP contribution in [-0.2, 0) is 6.42 Å². The van der Waals surface area contributed by atoms with Crippen LogP contribution in [0.5, 0.6) is 5.75 Å². The van der Waals surface area contributed by atoms with Crippen LogP contribution in [-0.4, -0.2) is 29.9 Å². The number of hydrogen-bond acceptors (Lipinski definition) is 5. The molecule has 0 aliphatic heterocycles. The molecule has 0 spiro atoms. The molecule has 1 N–H and O–H groups in total. The van der Waals surface area contributed by atoms with Crippen molar-refractivity contribution in [3.05, 3.63) is 29.3 Å². The number of benzene rings is 1. The summed E-state index contributed by atoms with van der Waals surface area (Å²) in [4.78, 5) is 0. The van der Waals surface area contributed by atoms with E-state index in [0.29, 0.717) is 6.04 Å². The topological polar surface area (TPSA) is 47.0 Å². The Balaban J connectivity index is 1.90. The Kier molecular flexibility index (Phi) is 5.49. The van der Waals surface area contributed by atoms with Crippen LogP contribution in [0.1, 0.15) is 25.3 Å². The van der Waals surface area contributed by atoms with Gasteiger partial charge in [0.25, 0.3) is 0 Å². The number of aromatic nitrogens is 2. The van der Waals surface area contributed by atoms with Crippen molar-refractivity contribution >= 4 is 11.3 Å². The molecule has 2 aromatic rings. The fourth-order valence-corrected chi connectivity index (χ4v) is 2.72. The van der Waals surface area contributed by atoms with E-state index in [0.717, 1.165) is 40.7 Å². The zero-order valence-electron chi connectivity index (χ0n) is 12.2. The number of nitrogens with one attached hydrogen (secondary N) is 1. The molecule has 2 rings (SSSR count). The predicted molar refractivity (Wildman–Crippen MR) is 83.4 cm³/mol. The summed E-state index contributed by atoms with van der Waals surface area (Å²) in [6.45, 7) is 5.34. The third-order valence-electron chi connectivity index (χ3n) is 2.92. The molecule has 0 saturated carbocycles. The van der Waals surface area contributed by atoms with Crippen molar-refractivity contribution < 1.29 is 4.74 Å². The lowest BCUT2D eigenvalue weighted by Gasteiger charge is -2.05. The first-order chi connectivity index (χ1) is 9.69. The molecule has 0 atom stereocenters. The monoisotopic (exact) mass is 291 g/mol. The third-order valence-corrected chi connectivity index (χ3v) is 3.96. The number of hydrogen-bond donors (Lipinski definition) is 1. The highest BCUT2D eigenvalue weighted by Gasteiger charge is 2.06. The van der Waals surface area contributed by atoms with Crippen molar-refractivity contribution in [2.75, 3.05) is 13.7 Å². The van der Waals surface area contributed by atoms with Crippen molar-refractivity contribution in [3.8, 4) is 16.3 Å². The molecule has 1 heterocycles. The van der Waals surface area contributed by atoms with E-state index in [1.807, 2.05) is 24.3 Å². The maximum Gasteiger partial charge on any atom is 0.147 e. The van der Waals surface area contributed by atoms with Gasteiger partial charge in [-0.15, -0.1) is 10.2 Å². The highest BCUT2D eigenvalue weighted by molar-refractivity contribution is 7.14. The van der Waals surface area contributed by atoms with Crippen molar-refractivity contribution in [1.82, 2.24) is 15.5 Å². The van der Waals surface area contributed by atoms with Crippen LogP contribution in [0.4, 0.5) is 0 Å². The normalized spacial score (nSPS) is 11.0. The van der Waals surface area contributed by atoms with Crippen LogP contribution in [0, 0.1) is 0 Å². The summed E-state index contributed by atoms with van der Waals surface area (Å²) in [5, 5.41) is 14.0. The summed E-state index contributed by atoms with van der Waals surface area (Å²) in [6.07, 6.45) is 2.07. The van der Waals surface area contributed by atoms with Gasteiger partial charge in [0.2, 0.25) is 0 Å². The molecule has 4 nitrogen and oxygen atoms in total. The third kappa shape index (κ3) is 4.28. The Hall–Kier alpha value is -1.46. The lowest BCUT2D eigenvalue weighted by atomic mass is 10.2. The van der Waals surface area contributed by atoms with E-state index in [1.165, 1.54) is 0 Å². The SMILES string of the molecule is COc1ccc(-c2nnc(CCCNC(C)C)s2)cc1. The van der Waals surface area contributed by atoms with E-state index in [2.05, 4.69) is 29.4 Å². The molecule has 0 aliphatic carbocycles. The van der Waals surface area contributed by atoms with Crippen molar-refractivity contribution in [1.29, 1.82) is 0 Å². The maximum absolute atomic E-state index is 5.16. The first-order valence-corrected chi connectivity index (χ1v) is 7.71. The Labute approximate surface area is 124 Å². The summed E-state index contributed by atoms with van der Waals surface area (Å²) in [5.74, 6) is 0.859. The maximum atomic E-state index is 5.16. The summed E-state index contributed by atoms with van der Waals surface area (Å²) in [5.41, 5.74) is 1.09. The van der Waals surface area contributed by atoms with Gasteiger partial charge in [0.15, 0.2) is 0 Å². The molecule has 108 valence electrons. The number of methoxy groups -OCH3 is 1. The average molecular weight is 291 g/mol. The van der Waals surface area contributed by atoms with Gasteiger partial charge in [-0.1, -0.05) is 25.2 Å². The van der Waals surface area contributed by atoms with E-state index in [4.69, 9.17) is 4.74 Å². The summed E-state index contributed by atoms with van der Waals surface area (Å²) < 4.78 is 5.16. The highest BCUT2D eigenvalue weighted by atomic mass is 32.1. The number of ether oxygens (including phenoxy) is 1. The van der Waals surface area contributed by atoms with E-state index in [9.17, 15) is 0 Å². The molecule has 20 heavy (non-hydrogen) atoms. The van der Waals surface area contributed by atoms with Gasteiger partial charge in [-0.2, -0.15) is 0 Å². The first kappa shape index (κ1) is 14.9. The zero-order valence-corrected chi connectivity index (χ0v) is 13.0. The summed E-state index contributed by atoms with van der Waals surface area (Å²) in [6, 6.07) is 8.47. The second-order valence-corrected chi connectivity index (χ2v) is 6.00. The van der Waals surface area contributed by atoms with Crippen LogP contribution in [0.25, 0.3) is 10.6 Å². The second-order valence-electron chi connectivity index (χ2n) is 4.94. The van der Waals surface area contributed by atoms with Crippen molar-refractivity contribution in [3.63, 3.8) is 0 Å². The van der Waals surface area contributed by atoms with Gasteiger partial charge < -0.3 is 10.1 Å². The smallest absolute Gasteiger partial charge is 0.147 e. The Morgan fingerprint density at radius 2 is 1.95 bits per heavy atom. The highest BCUT2D eigenvalue weighted by Crippen LogP contribution is 2.25. The summed E-state index contributed by atoms with van der Waals surface area (Å²) in [7, 11) is 1.67. The van der Waals surface area contributed by atoms with E-state index in [1.54, 1.807) is 18.4 Å². The molecule has 0 unspecified atom stereocenters. The van der Waals surface area contributed by atoms with Gasteiger partial charge in [-0.25, -0.2) is 0 Å². The van der Waals surface area contributed by atoms with Crippen LogP contribution in [0.15, 0.2) is 24.3 Å². The van der Waals surface area contributed by atoms with E-state index >= 15 is 0 Å². The lowest BCUT2D eigenvalue weighted by Crippen LogP contribution is -2.23. The number of nitrogens with zero attached hydrogens (tertiary/aromatic N) is 2. The molecule has 5 heteroatoms. The van der Waals surface area contributed by atoms with Crippen LogP contribution >= 0.6 is 11.3 Å². The lowest BCUT2D eigenvalue weighted by molar-refractivity contribution is 0.415. The van der Waals surface area contributed by atoms with Gasteiger partial charge in [0.1, 0.15) is 15.8 Å². The minimum atomic E-state index is 0.541. The average Bonchev–Trinajstić information content (AvgIpc) is 2.92. The zero-order chi connectivity index (χ0) is 14.4. The predicted octanol–water partition coefficient (Wildman–Crippen LogP) is 3.14. The first-order valence-electron chi connectivity index (χ1n) is 6.89. The van der Waals surface area contributed by atoms with Crippen LogP contribution in [0.3, 0.4) is 0 Å². The number of aryl methyl sites for hydroxylation is 1. The molecule has 1 aromatic heterocycles. The molecule has 0 amide bonds. The molecular weight excluding hydrogens is 270 g/mol. The number of rotatable bonds is 7. The van der Waals surface area contributed by atoms with E-state index < -0.39 is 0 Å². The molecular formula is C15H21N3OS. The molecule has 0 radical (unpaired) electrons. The molecule has 0 bridgehead atoms. The summed E-state index contributed by atoms with van der Waals surface area (Å²) >= 11 is 1.67. The fourth-order valence-electron chi connectivity index (χ4n) is 1.84. The Morgan fingerprint density at radius 1 is 1.20 bits per heavy atom. The minimum absolute atomic E-state index is 0.541. The fraction of sp³-hybridized carbons (Fsp3) is 0.467. The van der Waals surface area contributed by atoms with Crippen LogP contribution < -0.4 is 10.1 Å². The molecule has 0 aliphatic rings. The largest absolute Gasteiger partial charge is 0.497 e. The van der Waals surface area contributed by atoms with Crippen LogP contribution in [0.2, 0.25) is 0 Å². The molecule has 0 fully saturated rings. The quantitative estimate of drug-likeness (QED) is 0.796.